The summed E-state index contributed by atoms with van der Waals surface area (Å²) in [5.74, 6) is -0.391. The number of halogens is 1. The van der Waals surface area contributed by atoms with E-state index in [9.17, 15) is 13.2 Å². The number of benzene rings is 2. The monoisotopic (exact) mass is 396 g/mol. The van der Waals surface area contributed by atoms with Crippen molar-refractivity contribution < 1.29 is 18.0 Å². The fourth-order valence-corrected chi connectivity index (χ4v) is 3.87. The summed E-state index contributed by atoms with van der Waals surface area (Å²) in [5, 5.41) is 2.81. The van der Waals surface area contributed by atoms with Crippen molar-refractivity contribution in [2.24, 2.45) is 0 Å². The summed E-state index contributed by atoms with van der Waals surface area (Å²) in [6.45, 7) is 4.32. The minimum atomic E-state index is -3.96. The van der Waals surface area contributed by atoms with Crippen LogP contribution in [0, 0.1) is 13.8 Å². The normalized spacial score (nSPS) is 11.6. The summed E-state index contributed by atoms with van der Waals surface area (Å²) in [5.41, 5.74) is 3.41. The number of sulfonamides is 1. The number of hydrogen-bond acceptors (Lipinski definition) is 4. The van der Waals surface area contributed by atoms with Gasteiger partial charge in [-0.25, -0.2) is 8.42 Å². The molecule has 0 aliphatic heterocycles. The van der Waals surface area contributed by atoms with Crippen LogP contribution >= 0.6 is 11.6 Å². The van der Waals surface area contributed by atoms with Crippen molar-refractivity contribution >= 4 is 27.5 Å². The second-order valence-electron chi connectivity index (χ2n) is 5.86. The molecular formula is C18H21ClN2O4S. The summed E-state index contributed by atoms with van der Waals surface area (Å²) in [7, 11) is -1.48. The highest BCUT2D eigenvalue weighted by atomic mass is 35.5. The molecule has 2 aromatic carbocycles. The number of carbonyl (C=O) groups is 1. The predicted octanol–water partition coefficient (Wildman–Crippen LogP) is 3.07. The molecule has 0 unspecified atom stereocenters. The van der Waals surface area contributed by atoms with Crippen LogP contribution in [0.4, 0.5) is 0 Å². The fraction of sp³-hybridized carbons (Fsp3) is 0.278. The van der Waals surface area contributed by atoms with E-state index in [1.54, 1.807) is 0 Å². The average molecular weight is 397 g/mol. The lowest BCUT2D eigenvalue weighted by Crippen LogP contribution is -2.27. The molecular weight excluding hydrogens is 376 g/mol. The van der Waals surface area contributed by atoms with Crippen LogP contribution in [0.2, 0.25) is 5.02 Å². The van der Waals surface area contributed by atoms with Crippen LogP contribution in [0.1, 0.15) is 27.0 Å². The molecule has 1 N–H and O–H groups in total. The van der Waals surface area contributed by atoms with Gasteiger partial charge < -0.3 is 5.32 Å². The van der Waals surface area contributed by atoms with Crippen molar-refractivity contribution in [3.8, 4) is 0 Å². The van der Waals surface area contributed by atoms with Gasteiger partial charge in [0.25, 0.3) is 15.9 Å². The van der Waals surface area contributed by atoms with Gasteiger partial charge in [-0.15, -0.1) is 0 Å². The molecule has 1 amide bonds. The van der Waals surface area contributed by atoms with Crippen molar-refractivity contribution in [2.75, 3.05) is 14.2 Å². The molecule has 0 aliphatic rings. The topological polar surface area (TPSA) is 75.7 Å². The fourth-order valence-electron chi connectivity index (χ4n) is 2.40. The SMILES string of the molecule is CON(C)S(=O)(=O)c1cc(C(=O)NCc2ccc(C)cc2C)ccc1Cl. The Morgan fingerprint density at radius 2 is 1.88 bits per heavy atom. The first-order valence-corrected chi connectivity index (χ1v) is 9.65. The lowest BCUT2D eigenvalue weighted by Gasteiger charge is -2.16. The van der Waals surface area contributed by atoms with Gasteiger partial charge >= 0.3 is 0 Å². The molecule has 0 radical (unpaired) electrons. The molecule has 0 heterocycles. The highest BCUT2D eigenvalue weighted by Crippen LogP contribution is 2.25. The highest BCUT2D eigenvalue weighted by Gasteiger charge is 2.25. The maximum absolute atomic E-state index is 12.4. The van der Waals surface area contributed by atoms with Gasteiger partial charge in [-0.3, -0.25) is 9.63 Å². The third kappa shape index (κ3) is 4.42. The first kappa shape index (κ1) is 20.4. The second-order valence-corrected chi connectivity index (χ2v) is 8.17. The van der Waals surface area contributed by atoms with E-state index in [-0.39, 0.29) is 15.5 Å². The zero-order chi connectivity index (χ0) is 19.5. The average Bonchev–Trinajstić information content (AvgIpc) is 2.60. The molecule has 0 aliphatic carbocycles. The standard InChI is InChI=1S/C18H21ClN2O4S/c1-12-5-6-15(13(2)9-12)11-20-18(22)14-7-8-16(19)17(10-14)26(23,24)21(3)25-4/h5-10H,11H2,1-4H3,(H,20,22). The Balaban J connectivity index is 2.23. The molecule has 0 spiro atoms. The molecule has 0 aromatic heterocycles. The number of aryl methyl sites for hydroxylation is 2. The van der Waals surface area contributed by atoms with Crippen LogP contribution in [0.5, 0.6) is 0 Å². The maximum atomic E-state index is 12.4. The van der Waals surface area contributed by atoms with Crippen molar-refractivity contribution in [1.29, 1.82) is 0 Å². The van der Waals surface area contributed by atoms with Crippen molar-refractivity contribution in [3.63, 3.8) is 0 Å². The van der Waals surface area contributed by atoms with E-state index in [0.717, 1.165) is 16.7 Å². The van der Waals surface area contributed by atoms with Gasteiger partial charge in [0.2, 0.25) is 0 Å². The van der Waals surface area contributed by atoms with E-state index < -0.39 is 15.9 Å². The number of carbonyl (C=O) groups excluding carboxylic acids is 1. The minimum Gasteiger partial charge on any atom is -0.348 e. The Morgan fingerprint density at radius 1 is 1.19 bits per heavy atom. The van der Waals surface area contributed by atoms with Crippen molar-refractivity contribution in [2.45, 2.75) is 25.3 Å². The van der Waals surface area contributed by atoms with E-state index in [4.69, 9.17) is 16.4 Å². The van der Waals surface area contributed by atoms with Crippen molar-refractivity contribution in [3.05, 3.63) is 63.7 Å². The Morgan fingerprint density at radius 3 is 2.50 bits per heavy atom. The molecule has 6 nitrogen and oxygen atoms in total. The number of rotatable bonds is 6. The number of amides is 1. The lowest BCUT2D eigenvalue weighted by molar-refractivity contribution is -0.0258. The molecule has 2 rings (SSSR count). The molecule has 0 bridgehead atoms. The van der Waals surface area contributed by atoms with E-state index in [0.29, 0.717) is 11.0 Å². The maximum Gasteiger partial charge on any atom is 0.266 e. The Bertz CT molecular complexity index is 929. The number of nitrogens with one attached hydrogen (secondary N) is 1. The van der Waals surface area contributed by atoms with E-state index >= 15 is 0 Å². The van der Waals surface area contributed by atoms with Crippen LogP contribution in [0.3, 0.4) is 0 Å². The molecule has 26 heavy (non-hydrogen) atoms. The summed E-state index contributed by atoms with van der Waals surface area (Å²) < 4.78 is 25.5. The predicted molar refractivity (Wildman–Crippen MR) is 100 cm³/mol. The first-order chi connectivity index (χ1) is 12.2. The summed E-state index contributed by atoms with van der Waals surface area (Å²) >= 11 is 6.00. The van der Waals surface area contributed by atoms with Crippen molar-refractivity contribution in [1.82, 2.24) is 9.79 Å². The van der Waals surface area contributed by atoms with Crippen LogP contribution in [0.25, 0.3) is 0 Å². The zero-order valence-corrected chi connectivity index (χ0v) is 16.6. The van der Waals surface area contributed by atoms with Gasteiger partial charge in [0.15, 0.2) is 0 Å². The summed E-state index contributed by atoms with van der Waals surface area (Å²) in [6.07, 6.45) is 0. The van der Waals surface area contributed by atoms with E-state index in [2.05, 4.69) is 5.32 Å². The molecule has 8 heteroatoms. The zero-order valence-electron chi connectivity index (χ0n) is 15.0. The van der Waals surface area contributed by atoms with Crippen LogP contribution in [0.15, 0.2) is 41.3 Å². The highest BCUT2D eigenvalue weighted by molar-refractivity contribution is 7.89. The number of hydrogen-bond donors (Lipinski definition) is 1. The van der Waals surface area contributed by atoms with Gasteiger partial charge in [0.1, 0.15) is 4.90 Å². The molecule has 140 valence electrons. The lowest BCUT2D eigenvalue weighted by atomic mass is 10.1. The van der Waals surface area contributed by atoms with Gasteiger partial charge in [-0.05, 0) is 43.2 Å². The second kappa shape index (κ2) is 8.18. The molecule has 0 saturated carbocycles. The summed E-state index contributed by atoms with van der Waals surface area (Å²) in [4.78, 5) is 17.0. The molecule has 0 fully saturated rings. The minimum absolute atomic E-state index is 0.0137. The van der Waals surface area contributed by atoms with Crippen LogP contribution in [-0.2, 0) is 21.4 Å². The van der Waals surface area contributed by atoms with Gasteiger partial charge in [0.05, 0.1) is 12.1 Å². The van der Waals surface area contributed by atoms with E-state index in [1.807, 2.05) is 32.0 Å². The number of hydroxylamine groups is 1. The Labute approximate surface area is 158 Å². The summed E-state index contributed by atoms with van der Waals surface area (Å²) in [6, 6.07) is 10.1. The van der Waals surface area contributed by atoms with Gasteiger partial charge in [0, 0.05) is 19.2 Å². The quantitative estimate of drug-likeness (QED) is 0.761. The van der Waals surface area contributed by atoms with E-state index in [1.165, 1.54) is 32.4 Å². The third-order valence-corrected chi connectivity index (χ3v) is 6.17. The van der Waals surface area contributed by atoms with Crippen LogP contribution < -0.4 is 5.32 Å². The Hall–Kier alpha value is -1.93. The first-order valence-electron chi connectivity index (χ1n) is 7.83. The molecule has 0 saturated heterocycles. The smallest absolute Gasteiger partial charge is 0.266 e. The molecule has 0 atom stereocenters. The Kier molecular flexibility index (Phi) is 6.41. The number of nitrogens with zero attached hydrogens (tertiary/aromatic N) is 1. The van der Waals surface area contributed by atoms with Gasteiger partial charge in [-0.2, -0.15) is 0 Å². The van der Waals surface area contributed by atoms with Crippen LogP contribution in [-0.4, -0.2) is 33.0 Å². The largest absolute Gasteiger partial charge is 0.348 e. The molecule has 2 aromatic rings. The third-order valence-electron chi connectivity index (χ3n) is 4.00. The van der Waals surface area contributed by atoms with Gasteiger partial charge in [-0.1, -0.05) is 39.8 Å².